The smallest absolute Gasteiger partial charge is 0.208 e. The summed E-state index contributed by atoms with van der Waals surface area (Å²) in [7, 11) is -3.43. The highest BCUT2D eigenvalue weighted by Crippen LogP contribution is 2.26. The summed E-state index contributed by atoms with van der Waals surface area (Å²) in [6.07, 6.45) is 4.35. The maximum atomic E-state index is 12.5. The molecule has 1 saturated carbocycles. The van der Waals surface area contributed by atoms with Crippen molar-refractivity contribution in [1.82, 2.24) is 4.72 Å². The number of sulfonamides is 1. The Morgan fingerprint density at radius 2 is 1.95 bits per heavy atom. The highest BCUT2D eigenvalue weighted by Gasteiger charge is 2.27. The SMILES string of the molecule is Cc1ccc(Br)cc1S(=O)(=O)NC1CCCCC1C. The van der Waals surface area contributed by atoms with E-state index in [1.54, 1.807) is 6.07 Å². The van der Waals surface area contributed by atoms with Crippen molar-refractivity contribution < 1.29 is 8.42 Å². The van der Waals surface area contributed by atoms with Crippen molar-refractivity contribution in [2.75, 3.05) is 0 Å². The van der Waals surface area contributed by atoms with Gasteiger partial charge in [-0.3, -0.25) is 0 Å². The van der Waals surface area contributed by atoms with Crippen LogP contribution < -0.4 is 4.72 Å². The molecule has 2 unspecified atom stereocenters. The lowest BCUT2D eigenvalue weighted by Gasteiger charge is -2.29. The number of halogens is 1. The summed E-state index contributed by atoms with van der Waals surface area (Å²) in [5.74, 6) is 0.413. The molecular formula is C14H20BrNO2S. The summed E-state index contributed by atoms with van der Waals surface area (Å²) >= 11 is 3.33. The van der Waals surface area contributed by atoms with E-state index in [0.29, 0.717) is 10.8 Å². The molecule has 2 atom stereocenters. The topological polar surface area (TPSA) is 46.2 Å². The van der Waals surface area contributed by atoms with Crippen molar-refractivity contribution in [2.24, 2.45) is 5.92 Å². The zero-order chi connectivity index (χ0) is 14.0. The second-order valence-electron chi connectivity index (χ2n) is 5.40. The Hall–Kier alpha value is -0.390. The van der Waals surface area contributed by atoms with Crippen molar-refractivity contribution in [2.45, 2.75) is 50.5 Å². The predicted molar refractivity (Wildman–Crippen MR) is 80.6 cm³/mol. The summed E-state index contributed by atoms with van der Waals surface area (Å²) in [6, 6.07) is 5.42. The van der Waals surface area contributed by atoms with Gasteiger partial charge >= 0.3 is 0 Å². The molecule has 1 aliphatic carbocycles. The molecule has 0 aromatic heterocycles. The molecule has 19 heavy (non-hydrogen) atoms. The van der Waals surface area contributed by atoms with E-state index in [9.17, 15) is 8.42 Å². The Balaban J connectivity index is 2.24. The zero-order valence-corrected chi connectivity index (χ0v) is 13.7. The van der Waals surface area contributed by atoms with E-state index >= 15 is 0 Å². The van der Waals surface area contributed by atoms with Gasteiger partial charge in [-0.25, -0.2) is 13.1 Å². The second-order valence-corrected chi connectivity index (χ2v) is 8.00. The Morgan fingerprint density at radius 3 is 2.63 bits per heavy atom. The molecule has 0 spiro atoms. The van der Waals surface area contributed by atoms with Gasteiger partial charge in [0.1, 0.15) is 0 Å². The highest BCUT2D eigenvalue weighted by molar-refractivity contribution is 9.10. The van der Waals surface area contributed by atoms with Crippen molar-refractivity contribution in [3.05, 3.63) is 28.2 Å². The van der Waals surface area contributed by atoms with E-state index in [4.69, 9.17) is 0 Å². The van der Waals surface area contributed by atoms with Gasteiger partial charge in [-0.05, 0) is 43.4 Å². The fourth-order valence-electron chi connectivity index (χ4n) is 2.62. The van der Waals surface area contributed by atoms with E-state index in [2.05, 4.69) is 27.6 Å². The number of rotatable bonds is 3. The molecule has 1 aromatic rings. The molecule has 0 aliphatic heterocycles. The monoisotopic (exact) mass is 345 g/mol. The number of hydrogen-bond donors (Lipinski definition) is 1. The summed E-state index contributed by atoms with van der Waals surface area (Å²) in [4.78, 5) is 0.375. The third-order valence-corrected chi connectivity index (χ3v) is 5.98. The highest BCUT2D eigenvalue weighted by atomic mass is 79.9. The molecule has 5 heteroatoms. The number of nitrogens with one attached hydrogen (secondary N) is 1. The van der Waals surface area contributed by atoms with Gasteiger partial charge < -0.3 is 0 Å². The molecule has 0 amide bonds. The van der Waals surface area contributed by atoms with Crippen LogP contribution in [0.1, 0.15) is 38.2 Å². The lowest BCUT2D eigenvalue weighted by molar-refractivity contribution is 0.310. The maximum absolute atomic E-state index is 12.5. The van der Waals surface area contributed by atoms with Crippen LogP contribution in [-0.4, -0.2) is 14.5 Å². The van der Waals surface area contributed by atoms with Crippen LogP contribution in [0, 0.1) is 12.8 Å². The Bertz CT molecular complexity index is 557. The molecule has 1 fully saturated rings. The minimum absolute atomic E-state index is 0.0668. The maximum Gasteiger partial charge on any atom is 0.241 e. The third kappa shape index (κ3) is 3.58. The lowest BCUT2D eigenvalue weighted by atomic mass is 9.87. The summed E-state index contributed by atoms with van der Waals surface area (Å²) < 4.78 is 28.6. The Kier molecular flexibility index (Phi) is 4.69. The van der Waals surface area contributed by atoms with Crippen LogP contribution in [0.2, 0.25) is 0 Å². The molecule has 1 aromatic carbocycles. The number of aryl methyl sites for hydroxylation is 1. The first kappa shape index (κ1) is 15.0. The minimum Gasteiger partial charge on any atom is -0.208 e. The molecule has 2 rings (SSSR count). The molecule has 0 heterocycles. The zero-order valence-electron chi connectivity index (χ0n) is 11.3. The number of hydrogen-bond acceptors (Lipinski definition) is 2. The molecule has 1 aliphatic rings. The van der Waals surface area contributed by atoms with Crippen molar-refractivity contribution in [1.29, 1.82) is 0 Å². The van der Waals surface area contributed by atoms with Crippen LogP contribution in [0.25, 0.3) is 0 Å². The molecule has 0 bridgehead atoms. The molecule has 0 saturated heterocycles. The Labute approximate surface area is 124 Å². The van der Waals surface area contributed by atoms with Gasteiger partial charge in [0.05, 0.1) is 4.90 Å². The molecular weight excluding hydrogens is 326 g/mol. The van der Waals surface area contributed by atoms with Crippen molar-refractivity contribution >= 4 is 26.0 Å². The largest absolute Gasteiger partial charge is 0.241 e. The van der Waals surface area contributed by atoms with Crippen LogP contribution in [0.5, 0.6) is 0 Å². The average molecular weight is 346 g/mol. The van der Waals surface area contributed by atoms with E-state index in [0.717, 1.165) is 29.3 Å². The van der Waals surface area contributed by atoms with Crippen LogP contribution in [0.3, 0.4) is 0 Å². The molecule has 1 N–H and O–H groups in total. The van der Waals surface area contributed by atoms with E-state index in [1.807, 2.05) is 19.1 Å². The molecule has 3 nitrogen and oxygen atoms in total. The van der Waals surface area contributed by atoms with Gasteiger partial charge in [-0.15, -0.1) is 0 Å². The third-order valence-electron chi connectivity index (χ3n) is 3.86. The molecule has 0 radical (unpaired) electrons. The Morgan fingerprint density at radius 1 is 1.26 bits per heavy atom. The average Bonchev–Trinajstić information content (AvgIpc) is 2.35. The normalized spacial score (nSPS) is 24.4. The van der Waals surface area contributed by atoms with Gasteiger partial charge in [-0.2, -0.15) is 0 Å². The first-order valence-corrected chi connectivity index (χ1v) is 8.96. The first-order chi connectivity index (χ1) is 8.90. The second kappa shape index (κ2) is 5.94. The van der Waals surface area contributed by atoms with Crippen molar-refractivity contribution in [3.8, 4) is 0 Å². The van der Waals surface area contributed by atoms with E-state index in [-0.39, 0.29) is 6.04 Å². The summed E-state index contributed by atoms with van der Waals surface area (Å²) in [6.45, 7) is 3.95. The quantitative estimate of drug-likeness (QED) is 0.909. The van der Waals surface area contributed by atoms with Gasteiger partial charge in [0.25, 0.3) is 0 Å². The van der Waals surface area contributed by atoms with Gasteiger partial charge in [0, 0.05) is 10.5 Å². The van der Waals surface area contributed by atoms with Crippen LogP contribution in [0.4, 0.5) is 0 Å². The predicted octanol–water partition coefficient (Wildman–Crippen LogP) is 3.61. The van der Waals surface area contributed by atoms with Crippen LogP contribution >= 0.6 is 15.9 Å². The lowest BCUT2D eigenvalue weighted by Crippen LogP contribution is -2.41. The van der Waals surface area contributed by atoms with Crippen molar-refractivity contribution in [3.63, 3.8) is 0 Å². The molecule has 106 valence electrons. The van der Waals surface area contributed by atoms with Crippen LogP contribution in [0.15, 0.2) is 27.6 Å². The fraction of sp³-hybridized carbons (Fsp3) is 0.571. The van der Waals surface area contributed by atoms with Gasteiger partial charge in [-0.1, -0.05) is 41.8 Å². The van der Waals surface area contributed by atoms with E-state index < -0.39 is 10.0 Å². The number of benzene rings is 1. The summed E-state index contributed by atoms with van der Waals surface area (Å²) in [5, 5.41) is 0. The minimum atomic E-state index is -3.43. The van der Waals surface area contributed by atoms with Gasteiger partial charge in [0.15, 0.2) is 0 Å². The fourth-order valence-corrected chi connectivity index (χ4v) is 4.78. The van der Waals surface area contributed by atoms with Gasteiger partial charge in [0.2, 0.25) is 10.0 Å². The standard InChI is InChI=1S/C14H20BrNO2S/c1-10-5-3-4-6-13(10)16-19(17,18)14-9-12(15)8-7-11(14)2/h7-10,13,16H,3-6H2,1-2H3. The summed E-state index contributed by atoms with van der Waals surface area (Å²) in [5.41, 5.74) is 0.777. The first-order valence-electron chi connectivity index (χ1n) is 6.68. The van der Waals surface area contributed by atoms with Crippen LogP contribution in [-0.2, 0) is 10.0 Å². The van der Waals surface area contributed by atoms with E-state index in [1.165, 1.54) is 6.42 Å².